The molecule has 1 amide bonds. The molecule has 0 fully saturated rings. The van der Waals surface area contributed by atoms with Crippen LogP contribution in [0.5, 0.6) is 0 Å². The van der Waals surface area contributed by atoms with E-state index in [1.54, 1.807) is 24.3 Å². The molecule has 1 aromatic rings. The van der Waals surface area contributed by atoms with Gasteiger partial charge in [0, 0.05) is 18.7 Å². The van der Waals surface area contributed by atoms with Gasteiger partial charge in [0.05, 0.1) is 6.42 Å². The number of rotatable bonds is 5. The number of carboxylic acids is 1. The van der Waals surface area contributed by atoms with Crippen LogP contribution in [0.2, 0.25) is 0 Å². The van der Waals surface area contributed by atoms with Gasteiger partial charge in [-0.15, -0.1) is 0 Å². The van der Waals surface area contributed by atoms with E-state index in [4.69, 9.17) is 10.8 Å². The molecule has 0 saturated heterocycles. The van der Waals surface area contributed by atoms with E-state index in [1.807, 2.05) is 0 Å². The summed E-state index contributed by atoms with van der Waals surface area (Å²) in [7, 11) is 0. The number of amides is 1. The Balaban J connectivity index is 2.57. The topological polar surface area (TPSA) is 92.4 Å². The van der Waals surface area contributed by atoms with Crippen molar-refractivity contribution < 1.29 is 14.7 Å². The van der Waals surface area contributed by atoms with Crippen molar-refractivity contribution in [3.8, 4) is 0 Å². The summed E-state index contributed by atoms with van der Waals surface area (Å²) in [6.07, 6.45) is 0.258. The van der Waals surface area contributed by atoms with Gasteiger partial charge in [-0.3, -0.25) is 9.59 Å². The lowest BCUT2D eigenvalue weighted by molar-refractivity contribution is -0.136. The average Bonchev–Trinajstić information content (AvgIpc) is 2.20. The monoisotopic (exact) mass is 222 g/mol. The molecule has 1 aromatic carbocycles. The zero-order valence-electron chi connectivity index (χ0n) is 8.77. The molecule has 0 heterocycles. The first-order valence-corrected chi connectivity index (χ1v) is 4.92. The molecule has 5 nitrogen and oxygen atoms in total. The first kappa shape index (κ1) is 12.2. The Bertz CT molecular complexity index is 373. The molecule has 0 atom stereocenters. The van der Waals surface area contributed by atoms with Crippen molar-refractivity contribution in [3.05, 3.63) is 29.8 Å². The maximum absolute atomic E-state index is 11.2. The van der Waals surface area contributed by atoms with Crippen molar-refractivity contribution in [3.63, 3.8) is 0 Å². The Hall–Kier alpha value is -1.88. The van der Waals surface area contributed by atoms with Crippen LogP contribution >= 0.6 is 0 Å². The molecule has 4 N–H and O–H groups in total. The number of benzene rings is 1. The number of hydrogen-bond donors (Lipinski definition) is 3. The minimum atomic E-state index is -0.875. The van der Waals surface area contributed by atoms with Crippen LogP contribution in [0.1, 0.15) is 12.0 Å². The van der Waals surface area contributed by atoms with Crippen molar-refractivity contribution >= 4 is 17.6 Å². The molecule has 0 bridgehead atoms. The zero-order chi connectivity index (χ0) is 12.0. The van der Waals surface area contributed by atoms with E-state index in [0.29, 0.717) is 17.8 Å². The minimum Gasteiger partial charge on any atom is -0.481 e. The van der Waals surface area contributed by atoms with Gasteiger partial charge in [0.1, 0.15) is 0 Å². The number of anilines is 1. The molecule has 5 heteroatoms. The van der Waals surface area contributed by atoms with Crippen molar-refractivity contribution in [2.24, 2.45) is 5.73 Å². The molecule has 0 aliphatic carbocycles. The Kier molecular flexibility index (Phi) is 4.47. The van der Waals surface area contributed by atoms with Gasteiger partial charge in [-0.05, 0) is 17.7 Å². The second kappa shape index (κ2) is 5.87. The van der Waals surface area contributed by atoms with Crippen molar-refractivity contribution in [1.82, 2.24) is 0 Å². The van der Waals surface area contributed by atoms with Crippen LogP contribution in [-0.4, -0.2) is 23.5 Å². The van der Waals surface area contributed by atoms with Crippen LogP contribution in [0.4, 0.5) is 5.69 Å². The van der Waals surface area contributed by atoms with Gasteiger partial charge < -0.3 is 16.2 Å². The highest BCUT2D eigenvalue weighted by molar-refractivity contribution is 5.90. The van der Waals surface area contributed by atoms with E-state index in [-0.39, 0.29) is 18.7 Å². The number of carbonyl (C=O) groups excluding carboxylic acids is 1. The number of carbonyl (C=O) groups is 2. The predicted octanol–water partition coefficient (Wildman–Crippen LogP) is 0.601. The van der Waals surface area contributed by atoms with Crippen LogP contribution in [0.15, 0.2) is 24.3 Å². The maximum atomic E-state index is 11.2. The number of aliphatic carboxylic acids is 1. The van der Waals surface area contributed by atoms with Crippen molar-refractivity contribution in [2.45, 2.75) is 12.8 Å². The van der Waals surface area contributed by atoms with Crippen molar-refractivity contribution in [2.75, 3.05) is 11.9 Å². The van der Waals surface area contributed by atoms with E-state index < -0.39 is 5.97 Å². The summed E-state index contributed by atoms with van der Waals surface area (Å²) < 4.78 is 0. The molecule has 0 spiro atoms. The summed E-state index contributed by atoms with van der Waals surface area (Å²) in [6.45, 7) is 0.308. The normalized spacial score (nSPS) is 9.81. The molecule has 0 aliphatic rings. The lowest BCUT2D eigenvalue weighted by Crippen LogP contribution is -2.16. The van der Waals surface area contributed by atoms with Crippen LogP contribution in [-0.2, 0) is 16.0 Å². The second-order valence-electron chi connectivity index (χ2n) is 3.35. The molecule has 0 radical (unpaired) electrons. The molecular weight excluding hydrogens is 208 g/mol. The average molecular weight is 222 g/mol. The lowest BCUT2D eigenvalue weighted by atomic mass is 10.1. The summed E-state index contributed by atoms with van der Waals surface area (Å²) in [6, 6.07) is 6.69. The van der Waals surface area contributed by atoms with Crippen LogP contribution in [0, 0.1) is 0 Å². The third-order valence-corrected chi connectivity index (χ3v) is 1.96. The van der Waals surface area contributed by atoms with Gasteiger partial charge in [0.25, 0.3) is 0 Å². The van der Waals surface area contributed by atoms with E-state index >= 15 is 0 Å². The molecule has 0 aliphatic heterocycles. The lowest BCUT2D eigenvalue weighted by Gasteiger charge is -2.04. The van der Waals surface area contributed by atoms with Crippen molar-refractivity contribution in [1.29, 1.82) is 0 Å². The first-order chi connectivity index (χ1) is 7.61. The first-order valence-electron chi connectivity index (χ1n) is 4.92. The van der Waals surface area contributed by atoms with E-state index in [2.05, 4.69) is 5.32 Å². The Morgan fingerprint density at radius 1 is 1.25 bits per heavy atom. The standard InChI is InChI=1S/C11H14N2O3/c12-6-5-10(14)13-9-3-1-8(2-4-9)7-11(15)16/h1-4H,5-7,12H2,(H,13,14)(H,15,16). The number of hydrogen-bond acceptors (Lipinski definition) is 3. The maximum Gasteiger partial charge on any atom is 0.307 e. The van der Waals surface area contributed by atoms with Crippen LogP contribution < -0.4 is 11.1 Å². The Labute approximate surface area is 93.3 Å². The molecule has 1 rings (SSSR count). The summed E-state index contributed by atoms with van der Waals surface area (Å²) in [5, 5.41) is 11.2. The van der Waals surface area contributed by atoms with Gasteiger partial charge in [-0.2, -0.15) is 0 Å². The SMILES string of the molecule is NCCC(=O)Nc1ccc(CC(=O)O)cc1. The minimum absolute atomic E-state index is 0.0168. The highest BCUT2D eigenvalue weighted by atomic mass is 16.4. The van der Waals surface area contributed by atoms with Crippen LogP contribution in [0.25, 0.3) is 0 Å². The number of nitrogens with two attached hydrogens (primary N) is 1. The number of carboxylic acid groups (broad SMARTS) is 1. The summed E-state index contributed by atoms with van der Waals surface area (Å²) >= 11 is 0. The fourth-order valence-corrected chi connectivity index (χ4v) is 1.24. The summed E-state index contributed by atoms with van der Waals surface area (Å²) in [5.41, 5.74) is 6.58. The quantitative estimate of drug-likeness (QED) is 0.680. The van der Waals surface area contributed by atoms with E-state index in [1.165, 1.54) is 0 Å². The highest BCUT2D eigenvalue weighted by Gasteiger charge is 2.02. The van der Waals surface area contributed by atoms with E-state index in [9.17, 15) is 9.59 Å². The van der Waals surface area contributed by atoms with Gasteiger partial charge >= 0.3 is 5.97 Å². The highest BCUT2D eigenvalue weighted by Crippen LogP contribution is 2.10. The summed E-state index contributed by atoms with van der Waals surface area (Å²) in [4.78, 5) is 21.6. The molecular formula is C11H14N2O3. The molecule has 0 aromatic heterocycles. The van der Waals surface area contributed by atoms with Gasteiger partial charge in [-0.25, -0.2) is 0 Å². The zero-order valence-corrected chi connectivity index (χ0v) is 8.77. The summed E-state index contributed by atoms with van der Waals surface area (Å²) in [5.74, 6) is -1.02. The van der Waals surface area contributed by atoms with Gasteiger partial charge in [-0.1, -0.05) is 12.1 Å². The third kappa shape index (κ3) is 4.10. The fraction of sp³-hybridized carbons (Fsp3) is 0.273. The predicted molar refractivity (Wildman–Crippen MR) is 60.1 cm³/mol. The number of nitrogens with one attached hydrogen (secondary N) is 1. The van der Waals surface area contributed by atoms with Gasteiger partial charge in [0.15, 0.2) is 0 Å². The third-order valence-electron chi connectivity index (χ3n) is 1.96. The Morgan fingerprint density at radius 2 is 1.88 bits per heavy atom. The molecule has 86 valence electrons. The largest absolute Gasteiger partial charge is 0.481 e. The second-order valence-corrected chi connectivity index (χ2v) is 3.35. The molecule has 16 heavy (non-hydrogen) atoms. The smallest absolute Gasteiger partial charge is 0.307 e. The van der Waals surface area contributed by atoms with Crippen LogP contribution in [0.3, 0.4) is 0 Å². The fourth-order valence-electron chi connectivity index (χ4n) is 1.24. The Morgan fingerprint density at radius 3 is 2.38 bits per heavy atom. The molecule has 0 unspecified atom stereocenters. The molecule has 0 saturated carbocycles. The van der Waals surface area contributed by atoms with E-state index in [0.717, 1.165) is 0 Å². The van der Waals surface area contributed by atoms with Gasteiger partial charge in [0.2, 0.25) is 5.91 Å².